The molecule has 4 nitrogen and oxygen atoms in total. The van der Waals surface area contributed by atoms with Crippen LogP contribution >= 0.6 is 0 Å². The van der Waals surface area contributed by atoms with Crippen LogP contribution in [0.2, 0.25) is 0 Å². The molecule has 2 fully saturated rings. The number of rotatable bonds is 6. The Morgan fingerprint density at radius 2 is 2.00 bits per heavy atom. The first-order valence-electron chi connectivity index (χ1n) is 8.11. The maximum Gasteiger partial charge on any atom is 0.243 e. The Morgan fingerprint density at radius 1 is 1.40 bits per heavy atom. The minimum absolute atomic E-state index is 0.169. The molecule has 116 valence electrons. The van der Waals surface area contributed by atoms with Gasteiger partial charge in [0.2, 0.25) is 5.91 Å². The van der Waals surface area contributed by atoms with Gasteiger partial charge >= 0.3 is 0 Å². The first-order valence-corrected chi connectivity index (χ1v) is 8.11. The fraction of sp³-hybridized carbons (Fsp3) is 0.938. The minimum atomic E-state index is -0.382. The van der Waals surface area contributed by atoms with Crippen LogP contribution in [0.25, 0.3) is 0 Å². The average Bonchev–Trinajstić information content (AvgIpc) is 3.21. The number of nitrogens with one attached hydrogen (secondary N) is 1. The van der Waals surface area contributed by atoms with Crippen LogP contribution in [0.1, 0.15) is 53.9 Å². The third-order valence-corrected chi connectivity index (χ3v) is 5.15. The number of amides is 1. The maximum absolute atomic E-state index is 12.8. The number of carbonyl (C=O) groups is 1. The number of carbonyl (C=O) groups excluding carboxylic acids is 1. The highest BCUT2D eigenvalue weighted by Gasteiger charge is 2.48. The van der Waals surface area contributed by atoms with Gasteiger partial charge in [-0.15, -0.1) is 0 Å². The molecule has 2 rings (SSSR count). The van der Waals surface area contributed by atoms with Crippen LogP contribution in [0.3, 0.4) is 0 Å². The highest BCUT2D eigenvalue weighted by Crippen LogP contribution is 2.30. The molecule has 1 amide bonds. The van der Waals surface area contributed by atoms with Crippen molar-refractivity contribution in [2.24, 2.45) is 5.92 Å². The Labute approximate surface area is 123 Å². The van der Waals surface area contributed by atoms with E-state index in [-0.39, 0.29) is 17.6 Å². The normalized spacial score (nSPS) is 32.5. The summed E-state index contributed by atoms with van der Waals surface area (Å²) in [6.07, 6.45) is 3.64. The zero-order valence-electron chi connectivity index (χ0n) is 13.9. The summed E-state index contributed by atoms with van der Waals surface area (Å²) in [4.78, 5) is 17.3. The van der Waals surface area contributed by atoms with Gasteiger partial charge in [0.1, 0.15) is 0 Å². The van der Waals surface area contributed by atoms with Gasteiger partial charge in [-0.3, -0.25) is 15.0 Å². The van der Waals surface area contributed by atoms with Gasteiger partial charge in [-0.2, -0.15) is 0 Å². The van der Waals surface area contributed by atoms with E-state index < -0.39 is 0 Å². The lowest BCUT2D eigenvalue weighted by Gasteiger charge is -2.33. The van der Waals surface area contributed by atoms with E-state index in [1.54, 1.807) is 0 Å². The van der Waals surface area contributed by atoms with Gasteiger partial charge in [-0.05, 0) is 46.1 Å². The van der Waals surface area contributed by atoms with Crippen LogP contribution in [0, 0.1) is 5.92 Å². The molecule has 1 N–H and O–H groups in total. The van der Waals surface area contributed by atoms with Gasteiger partial charge in [0, 0.05) is 18.6 Å². The van der Waals surface area contributed by atoms with Crippen LogP contribution in [0.4, 0.5) is 0 Å². The lowest BCUT2D eigenvalue weighted by atomic mass is 9.99. The summed E-state index contributed by atoms with van der Waals surface area (Å²) >= 11 is 0. The minimum Gasteiger partial charge on any atom is -0.324 e. The van der Waals surface area contributed by atoms with Crippen molar-refractivity contribution in [3.05, 3.63) is 0 Å². The Hall–Kier alpha value is -0.610. The number of nitrogens with zero attached hydrogens (tertiary/aromatic N) is 2. The Balaban J connectivity index is 2.08. The quantitative estimate of drug-likeness (QED) is 0.809. The number of likely N-dealkylation sites (N-methyl/N-ethyl adjacent to an activating group) is 1. The smallest absolute Gasteiger partial charge is 0.243 e. The van der Waals surface area contributed by atoms with Crippen molar-refractivity contribution in [3.63, 3.8) is 0 Å². The summed E-state index contributed by atoms with van der Waals surface area (Å²) in [5.41, 5.74) is -0.382. The van der Waals surface area contributed by atoms with Crippen molar-refractivity contribution in [1.29, 1.82) is 0 Å². The van der Waals surface area contributed by atoms with Crippen LogP contribution < -0.4 is 5.32 Å². The molecular formula is C16H31N3O. The lowest BCUT2D eigenvalue weighted by Crippen LogP contribution is -2.48. The van der Waals surface area contributed by atoms with Crippen molar-refractivity contribution in [3.8, 4) is 0 Å². The van der Waals surface area contributed by atoms with E-state index in [0.29, 0.717) is 12.0 Å². The van der Waals surface area contributed by atoms with Gasteiger partial charge in [0.15, 0.2) is 0 Å². The molecule has 0 spiro atoms. The van der Waals surface area contributed by atoms with E-state index in [1.165, 1.54) is 12.8 Å². The monoisotopic (exact) mass is 281 g/mol. The van der Waals surface area contributed by atoms with Crippen molar-refractivity contribution in [2.45, 2.75) is 77.7 Å². The number of hydrogen-bond donors (Lipinski definition) is 1. The van der Waals surface area contributed by atoms with E-state index in [1.807, 2.05) is 6.92 Å². The number of hydrogen-bond acceptors (Lipinski definition) is 3. The molecule has 1 saturated heterocycles. The lowest BCUT2D eigenvalue weighted by molar-refractivity contribution is -0.134. The van der Waals surface area contributed by atoms with Gasteiger partial charge in [-0.25, -0.2) is 0 Å². The molecule has 0 aromatic carbocycles. The highest BCUT2D eigenvalue weighted by molar-refractivity contribution is 5.88. The molecule has 0 radical (unpaired) electrons. The summed E-state index contributed by atoms with van der Waals surface area (Å²) in [7, 11) is 2.19. The van der Waals surface area contributed by atoms with E-state index in [0.717, 1.165) is 19.0 Å². The van der Waals surface area contributed by atoms with E-state index in [9.17, 15) is 4.79 Å². The fourth-order valence-corrected chi connectivity index (χ4v) is 3.14. The van der Waals surface area contributed by atoms with Crippen LogP contribution in [0.5, 0.6) is 0 Å². The van der Waals surface area contributed by atoms with Crippen molar-refractivity contribution >= 4 is 5.91 Å². The predicted molar refractivity (Wildman–Crippen MR) is 82.4 cm³/mol. The van der Waals surface area contributed by atoms with E-state index >= 15 is 0 Å². The van der Waals surface area contributed by atoms with Crippen LogP contribution in [-0.4, -0.2) is 53.1 Å². The van der Waals surface area contributed by atoms with Gasteiger partial charge in [0.05, 0.1) is 11.7 Å². The molecule has 1 saturated carbocycles. The molecule has 3 atom stereocenters. The third kappa shape index (κ3) is 2.86. The van der Waals surface area contributed by atoms with E-state index in [2.05, 4.69) is 49.9 Å². The Bertz CT molecular complexity index is 367. The molecule has 0 bridgehead atoms. The summed E-state index contributed by atoms with van der Waals surface area (Å²) in [6, 6.07) is 1.17. The first-order chi connectivity index (χ1) is 9.30. The molecule has 20 heavy (non-hydrogen) atoms. The van der Waals surface area contributed by atoms with Crippen molar-refractivity contribution < 1.29 is 4.79 Å². The maximum atomic E-state index is 12.8. The second kappa shape index (κ2) is 5.64. The third-order valence-electron chi connectivity index (χ3n) is 5.15. The molecule has 2 aliphatic rings. The summed E-state index contributed by atoms with van der Waals surface area (Å²) in [6.45, 7) is 11.6. The molecule has 1 aliphatic carbocycles. The summed E-state index contributed by atoms with van der Waals surface area (Å²) in [5.74, 6) is 0.709. The highest BCUT2D eigenvalue weighted by atomic mass is 16.2. The summed E-state index contributed by atoms with van der Waals surface area (Å²) in [5, 5.41) is 3.56. The second-order valence-corrected chi connectivity index (χ2v) is 7.22. The van der Waals surface area contributed by atoms with Crippen molar-refractivity contribution in [2.75, 3.05) is 13.6 Å². The second-order valence-electron chi connectivity index (χ2n) is 7.22. The van der Waals surface area contributed by atoms with Crippen molar-refractivity contribution in [1.82, 2.24) is 15.1 Å². The van der Waals surface area contributed by atoms with Crippen LogP contribution in [0.15, 0.2) is 0 Å². The van der Waals surface area contributed by atoms with Crippen LogP contribution in [-0.2, 0) is 4.79 Å². The fourth-order valence-electron chi connectivity index (χ4n) is 3.14. The standard InChI is InChI=1S/C16H31N3O/c1-7-16(5)15(20)19(14(17-16)11(2)3)10-12(4)18(6)13-8-9-13/h11-14,17H,7-10H2,1-6H3. The Morgan fingerprint density at radius 3 is 2.45 bits per heavy atom. The first kappa shape index (κ1) is 15.8. The molecule has 0 aromatic rings. The Kier molecular flexibility index (Phi) is 4.45. The molecule has 4 heteroatoms. The average molecular weight is 281 g/mol. The van der Waals surface area contributed by atoms with E-state index in [4.69, 9.17) is 0 Å². The molecule has 3 unspecified atom stereocenters. The van der Waals surface area contributed by atoms with Gasteiger partial charge in [-0.1, -0.05) is 20.8 Å². The van der Waals surface area contributed by atoms with Gasteiger partial charge < -0.3 is 4.90 Å². The molecule has 0 aromatic heterocycles. The molecular weight excluding hydrogens is 250 g/mol. The molecule has 1 aliphatic heterocycles. The molecule has 1 heterocycles. The predicted octanol–water partition coefficient (Wildman–Crippen LogP) is 2.05. The zero-order valence-corrected chi connectivity index (χ0v) is 13.9. The van der Waals surface area contributed by atoms with Gasteiger partial charge in [0.25, 0.3) is 0 Å². The zero-order chi connectivity index (χ0) is 15.1. The SMILES string of the molecule is CCC1(C)NC(C(C)C)N(CC(C)N(C)C2CC2)C1=O. The topological polar surface area (TPSA) is 35.6 Å². The summed E-state index contributed by atoms with van der Waals surface area (Å²) < 4.78 is 0. The largest absolute Gasteiger partial charge is 0.324 e.